The summed E-state index contributed by atoms with van der Waals surface area (Å²) in [6, 6.07) is 189. The highest BCUT2D eigenvalue weighted by molar-refractivity contribution is 5.94. The second-order valence-corrected chi connectivity index (χ2v) is 37.9. The Hall–Kier alpha value is -19.8. The standard InChI is InChI=1S/2C46H29N3O.C46H31N3/c1-3-14-30(15-4-1)32-18-13-19-33(28-32)44-47-43(31-16-5-2-6-17-31)48-45(49-44)34-26-27-42-40(29-34)46(39-24-11-12-25-41(39)50-42)37-22-9-7-20-35(37)36-21-8-10-23-38(36)46;1-3-13-30(14-4-1)31-23-25-33(26-24-31)44-47-43(32-15-5-2-6-16-32)48-45(49-44)34-27-28-36-35-17-7-8-18-37(35)46(40(36)29-34)38-19-9-11-21-41(38)50-42-22-12-10-20-39(42)46;1-5-15-32(16-6-1)33-25-27-35(28-26-33)44-47-43(34-17-7-2-8-18-34)48-45(49-44)36-29-30-40-39-23-13-14-24-41(39)46(42(40)31-36,37-19-9-3-10-20-37)38-21-11-4-12-22-38/h2*1-29H;1-31H. The number of nitrogens with zero attached hydrogens (tertiary/aromatic N) is 9. The first kappa shape index (κ1) is 88.2. The van der Waals surface area contributed by atoms with Crippen molar-refractivity contribution in [3.8, 4) is 192 Å². The number of hydrogen-bond donors (Lipinski definition) is 0. The van der Waals surface area contributed by atoms with Crippen molar-refractivity contribution in [1.82, 2.24) is 44.9 Å². The van der Waals surface area contributed by atoms with Gasteiger partial charge in [0.15, 0.2) is 52.4 Å². The van der Waals surface area contributed by atoms with Crippen LogP contribution in [0.4, 0.5) is 0 Å². The van der Waals surface area contributed by atoms with E-state index in [2.05, 4.69) is 425 Å². The van der Waals surface area contributed by atoms with Crippen molar-refractivity contribution in [3.05, 3.63) is 607 Å². The summed E-state index contributed by atoms with van der Waals surface area (Å²) in [4.78, 5) is 45.9. The SMILES string of the molecule is c1ccc(-c2ccc(-c3nc(-c4ccccc4)nc(-c4ccc5c(c4)C(c4ccccc4)(c4ccccc4)c4ccccc4-5)n3)cc2)cc1.c1ccc(-c2ccc(-c3nc(-c4ccccc4)nc(-c4ccc5c(c4)C4(c6ccccc6Oc6ccccc64)c4ccccc4-5)n3)cc2)cc1.c1ccc(-c2cccc(-c3nc(-c4ccccc4)nc(-c4ccc5c(c4)C4(c6ccccc6O5)c5ccccc5-c5ccccc54)n3)c2)cc1. The summed E-state index contributed by atoms with van der Waals surface area (Å²) >= 11 is 0. The molecular formula is C138H89N9O2. The molecule has 0 bridgehead atoms. The van der Waals surface area contributed by atoms with E-state index in [1.165, 1.54) is 89.0 Å². The van der Waals surface area contributed by atoms with Crippen molar-refractivity contribution in [3.63, 3.8) is 0 Å². The molecular weight excluding hydrogens is 1820 g/mol. The summed E-state index contributed by atoms with van der Waals surface area (Å²) in [6.45, 7) is 0. The molecule has 0 saturated carbocycles. The van der Waals surface area contributed by atoms with E-state index in [4.69, 9.17) is 54.3 Å². The predicted octanol–water partition coefficient (Wildman–Crippen LogP) is 32.9. The van der Waals surface area contributed by atoms with Gasteiger partial charge in [0.1, 0.15) is 23.0 Å². The first-order valence-corrected chi connectivity index (χ1v) is 50.3. The number of para-hydroxylation sites is 3. The Kier molecular flexibility index (Phi) is 22.0. The summed E-state index contributed by atoms with van der Waals surface area (Å²) in [5.41, 5.74) is 35.3. The number of rotatable bonds is 14. The van der Waals surface area contributed by atoms with Crippen LogP contribution in [0.15, 0.2) is 540 Å². The summed E-state index contributed by atoms with van der Waals surface area (Å²) in [5.74, 6) is 9.12. The predicted molar refractivity (Wildman–Crippen MR) is 597 cm³/mol. The minimum Gasteiger partial charge on any atom is -0.457 e. The van der Waals surface area contributed by atoms with Crippen LogP contribution in [-0.2, 0) is 16.2 Å². The third kappa shape index (κ3) is 15.2. The van der Waals surface area contributed by atoms with E-state index in [9.17, 15) is 0 Å². The van der Waals surface area contributed by atoms with Crippen LogP contribution in [0.3, 0.4) is 0 Å². The van der Waals surface area contributed by atoms with Gasteiger partial charge in [0.05, 0.1) is 16.2 Å². The van der Waals surface area contributed by atoms with Gasteiger partial charge in [-0.3, -0.25) is 0 Å². The van der Waals surface area contributed by atoms with Gasteiger partial charge in [-0.1, -0.05) is 485 Å². The van der Waals surface area contributed by atoms with Crippen molar-refractivity contribution in [2.24, 2.45) is 0 Å². The van der Waals surface area contributed by atoms with Gasteiger partial charge >= 0.3 is 0 Å². The van der Waals surface area contributed by atoms with Gasteiger partial charge in [-0.25, -0.2) is 44.9 Å². The van der Waals surface area contributed by atoms with Gasteiger partial charge in [0, 0.05) is 72.3 Å². The molecule has 2 aliphatic heterocycles. The van der Waals surface area contributed by atoms with E-state index >= 15 is 0 Å². The zero-order valence-electron chi connectivity index (χ0n) is 80.7. The van der Waals surface area contributed by atoms with E-state index in [0.29, 0.717) is 52.4 Å². The second-order valence-electron chi connectivity index (χ2n) is 37.9. The summed E-state index contributed by atoms with van der Waals surface area (Å²) in [7, 11) is 0. The maximum Gasteiger partial charge on any atom is 0.164 e. The van der Waals surface area contributed by atoms with Crippen LogP contribution in [0.1, 0.15) is 66.8 Å². The molecule has 0 fully saturated rings. The largest absolute Gasteiger partial charge is 0.457 e. The van der Waals surface area contributed by atoms with Gasteiger partial charge in [-0.05, 0) is 166 Å². The zero-order valence-corrected chi connectivity index (χ0v) is 80.7. The molecule has 3 aromatic heterocycles. The monoisotopic (exact) mass is 1900 g/mol. The minimum atomic E-state index is -0.574. The fourth-order valence-electron chi connectivity index (χ4n) is 23.0. The number of benzene rings is 21. The van der Waals surface area contributed by atoms with E-state index in [1.54, 1.807) is 0 Å². The average Bonchev–Trinajstić information content (AvgIpc) is 1.54. The minimum absolute atomic E-state index is 0.504. The van der Waals surface area contributed by atoms with Gasteiger partial charge in [-0.2, -0.15) is 0 Å². The lowest BCUT2D eigenvalue weighted by atomic mass is 9.66. The summed E-state index contributed by atoms with van der Waals surface area (Å²) < 4.78 is 13.2. The Bertz CT molecular complexity index is 9110. The van der Waals surface area contributed by atoms with Crippen LogP contribution < -0.4 is 9.47 Å². The second kappa shape index (κ2) is 37.2. The number of fused-ring (bicyclic) bond motifs is 21. The van der Waals surface area contributed by atoms with Crippen LogP contribution in [0, 0.1) is 0 Å². The normalized spacial score (nSPS) is 13.0. The number of ether oxygens (including phenoxy) is 2. The van der Waals surface area contributed by atoms with Crippen molar-refractivity contribution >= 4 is 0 Å². The molecule has 21 aromatic carbocycles. The maximum absolute atomic E-state index is 6.67. The Balaban J connectivity index is 0.000000110. The van der Waals surface area contributed by atoms with Crippen LogP contribution in [-0.4, -0.2) is 44.9 Å². The van der Waals surface area contributed by atoms with Crippen LogP contribution in [0.5, 0.6) is 23.0 Å². The van der Waals surface area contributed by atoms with Crippen LogP contribution in [0.25, 0.3) is 169 Å². The van der Waals surface area contributed by atoms with Crippen molar-refractivity contribution < 1.29 is 9.47 Å². The molecule has 11 heteroatoms. The summed E-state index contributed by atoms with van der Waals surface area (Å²) in [5, 5.41) is 0. The fraction of sp³-hybridized carbons (Fsp3) is 0.0217. The Morgan fingerprint density at radius 2 is 0.309 bits per heavy atom. The molecule has 0 radical (unpaired) electrons. The van der Waals surface area contributed by atoms with Gasteiger partial charge in [0.2, 0.25) is 0 Å². The fourth-order valence-corrected chi connectivity index (χ4v) is 23.0. The number of aromatic nitrogens is 9. The average molecular weight is 1910 g/mol. The Morgan fingerprint density at radius 1 is 0.114 bits per heavy atom. The third-order valence-electron chi connectivity index (χ3n) is 29.7. The molecule has 0 atom stereocenters. The van der Waals surface area contributed by atoms with Crippen molar-refractivity contribution in [2.45, 2.75) is 16.2 Å². The van der Waals surface area contributed by atoms with E-state index in [-0.39, 0.29) is 0 Å². The van der Waals surface area contributed by atoms with Gasteiger partial charge in [-0.15, -0.1) is 0 Å². The van der Waals surface area contributed by atoms with E-state index < -0.39 is 16.2 Å². The molecule has 2 spiro atoms. The Labute approximate surface area is 863 Å². The molecule has 11 nitrogen and oxygen atoms in total. The smallest absolute Gasteiger partial charge is 0.164 e. The molecule has 698 valence electrons. The highest BCUT2D eigenvalue weighted by Crippen LogP contribution is 2.65. The van der Waals surface area contributed by atoms with Crippen LogP contribution in [0.2, 0.25) is 0 Å². The molecule has 0 N–H and O–H groups in total. The highest BCUT2D eigenvalue weighted by atomic mass is 16.5. The van der Waals surface area contributed by atoms with Crippen molar-refractivity contribution in [2.75, 3.05) is 0 Å². The van der Waals surface area contributed by atoms with Crippen LogP contribution >= 0.6 is 0 Å². The molecule has 0 saturated heterocycles. The summed E-state index contributed by atoms with van der Waals surface area (Å²) in [6.07, 6.45) is 0. The lowest BCUT2D eigenvalue weighted by molar-refractivity contribution is 0.436. The molecule has 29 rings (SSSR count). The highest BCUT2D eigenvalue weighted by Gasteiger charge is 2.54. The molecule has 24 aromatic rings. The van der Waals surface area contributed by atoms with Crippen molar-refractivity contribution in [1.29, 1.82) is 0 Å². The zero-order chi connectivity index (χ0) is 98.8. The lowest BCUT2D eigenvalue weighted by Crippen LogP contribution is -2.32. The van der Waals surface area contributed by atoms with E-state index in [1.807, 2.05) is 115 Å². The first-order valence-electron chi connectivity index (χ1n) is 50.3. The number of hydrogen-bond acceptors (Lipinski definition) is 11. The molecule has 5 aliphatic rings. The third-order valence-corrected chi connectivity index (χ3v) is 29.7. The molecule has 5 heterocycles. The molecule has 0 amide bonds. The molecule has 0 unspecified atom stereocenters. The van der Waals surface area contributed by atoms with Gasteiger partial charge < -0.3 is 9.47 Å². The Morgan fingerprint density at radius 3 is 0.651 bits per heavy atom. The van der Waals surface area contributed by atoms with Gasteiger partial charge in [0.25, 0.3) is 0 Å². The van der Waals surface area contributed by atoms with E-state index in [0.717, 1.165) is 118 Å². The topological polar surface area (TPSA) is 134 Å². The quantitative estimate of drug-likeness (QED) is 0.103. The maximum atomic E-state index is 6.67. The molecule has 149 heavy (non-hydrogen) atoms. The lowest BCUT2D eigenvalue weighted by Gasteiger charge is -2.39. The first-order chi connectivity index (χ1) is 73.8. The molecule has 3 aliphatic carbocycles.